The van der Waals surface area contributed by atoms with Gasteiger partial charge in [0.1, 0.15) is 0 Å². The number of benzene rings is 1. The molecule has 25 heavy (non-hydrogen) atoms. The van der Waals surface area contributed by atoms with Crippen molar-refractivity contribution in [3.05, 3.63) is 46.3 Å². The molecule has 0 bridgehead atoms. The molecule has 0 saturated heterocycles. The highest BCUT2D eigenvalue weighted by Gasteiger charge is 2.12. The van der Waals surface area contributed by atoms with Crippen LogP contribution in [-0.4, -0.2) is 27.7 Å². The number of thioether (sulfide) groups is 1. The van der Waals surface area contributed by atoms with Crippen molar-refractivity contribution in [1.82, 2.24) is 15.1 Å². The van der Waals surface area contributed by atoms with Crippen molar-refractivity contribution in [3.8, 4) is 11.4 Å². The van der Waals surface area contributed by atoms with Gasteiger partial charge >= 0.3 is 5.97 Å². The Morgan fingerprint density at radius 2 is 2.12 bits per heavy atom. The first kappa shape index (κ1) is 17.9. The zero-order valence-corrected chi connectivity index (χ0v) is 15.7. The molecule has 0 radical (unpaired) electrons. The minimum atomic E-state index is -0.270. The van der Waals surface area contributed by atoms with Gasteiger partial charge in [0.05, 0.1) is 24.5 Å². The Bertz CT molecular complexity index is 848. The van der Waals surface area contributed by atoms with E-state index in [1.165, 1.54) is 23.1 Å². The summed E-state index contributed by atoms with van der Waals surface area (Å²) in [5.41, 5.74) is 1.55. The predicted molar refractivity (Wildman–Crippen MR) is 96.8 cm³/mol. The zero-order valence-electron chi connectivity index (χ0n) is 13.3. The molecular weight excluding hydrogens is 382 g/mol. The highest BCUT2D eigenvalue weighted by molar-refractivity contribution is 8.00. The third-order valence-corrected chi connectivity index (χ3v) is 5.36. The molecule has 1 aromatic carbocycles. The Hall–Kier alpha value is -1.90. The monoisotopic (exact) mass is 395 g/mol. The number of ether oxygens (including phenoxy) is 1. The van der Waals surface area contributed by atoms with Gasteiger partial charge in [-0.3, -0.25) is 4.79 Å². The van der Waals surface area contributed by atoms with E-state index in [4.69, 9.17) is 20.9 Å². The Balaban J connectivity index is 1.56. The fraction of sp³-hybridized carbons (Fsp3) is 0.250. The molecule has 2 aromatic heterocycles. The van der Waals surface area contributed by atoms with Gasteiger partial charge in [0, 0.05) is 16.0 Å². The fourth-order valence-electron chi connectivity index (χ4n) is 1.95. The molecule has 0 spiro atoms. The van der Waals surface area contributed by atoms with Crippen LogP contribution >= 0.6 is 34.7 Å². The molecule has 3 rings (SSSR count). The maximum absolute atomic E-state index is 11.5. The van der Waals surface area contributed by atoms with E-state index >= 15 is 0 Å². The second kappa shape index (κ2) is 8.46. The van der Waals surface area contributed by atoms with Crippen LogP contribution in [0.5, 0.6) is 0 Å². The number of thiazole rings is 1. The van der Waals surface area contributed by atoms with Crippen molar-refractivity contribution in [2.45, 2.75) is 23.4 Å². The summed E-state index contributed by atoms with van der Waals surface area (Å²) in [6.45, 7) is 2.15. The minimum Gasteiger partial charge on any atom is -0.466 e. The highest BCUT2D eigenvalue weighted by Crippen LogP contribution is 2.27. The minimum absolute atomic E-state index is 0.187. The van der Waals surface area contributed by atoms with Crippen molar-refractivity contribution >= 4 is 40.7 Å². The Morgan fingerprint density at radius 1 is 1.32 bits per heavy atom. The van der Waals surface area contributed by atoms with Gasteiger partial charge in [-0.05, 0) is 31.2 Å². The van der Waals surface area contributed by atoms with Crippen LogP contribution in [0.25, 0.3) is 11.4 Å². The Kier molecular flexibility index (Phi) is 6.06. The van der Waals surface area contributed by atoms with Crippen LogP contribution in [0, 0.1) is 0 Å². The molecule has 0 N–H and O–H groups in total. The van der Waals surface area contributed by atoms with Crippen LogP contribution in [0.1, 0.15) is 18.5 Å². The van der Waals surface area contributed by atoms with Gasteiger partial charge in [0.25, 0.3) is 0 Å². The highest BCUT2D eigenvalue weighted by atomic mass is 35.5. The van der Waals surface area contributed by atoms with Gasteiger partial charge in [-0.25, -0.2) is 4.98 Å². The van der Waals surface area contributed by atoms with E-state index in [1.807, 2.05) is 17.5 Å². The quantitative estimate of drug-likeness (QED) is 0.437. The summed E-state index contributed by atoms with van der Waals surface area (Å²) in [7, 11) is 0. The van der Waals surface area contributed by atoms with E-state index in [-0.39, 0.29) is 12.4 Å². The summed E-state index contributed by atoms with van der Waals surface area (Å²) >= 11 is 8.83. The molecule has 0 fully saturated rings. The van der Waals surface area contributed by atoms with Gasteiger partial charge in [-0.15, -0.1) is 11.3 Å². The predicted octanol–water partition coefficient (Wildman–Crippen LogP) is 4.24. The van der Waals surface area contributed by atoms with E-state index in [0.717, 1.165) is 9.90 Å². The van der Waals surface area contributed by atoms with E-state index in [1.54, 1.807) is 19.1 Å². The average molecular weight is 396 g/mol. The summed E-state index contributed by atoms with van der Waals surface area (Å²) in [6, 6.07) is 7.24. The number of halogens is 1. The second-order valence-electron chi connectivity index (χ2n) is 4.89. The summed E-state index contributed by atoms with van der Waals surface area (Å²) in [5, 5.41) is 6.48. The topological polar surface area (TPSA) is 78.1 Å². The molecule has 9 heteroatoms. The molecule has 0 unspecified atom stereocenters. The Labute approximate surface area is 157 Å². The maximum Gasteiger partial charge on any atom is 0.311 e. The van der Waals surface area contributed by atoms with Gasteiger partial charge in [-0.1, -0.05) is 28.5 Å². The first-order chi connectivity index (χ1) is 12.1. The van der Waals surface area contributed by atoms with Crippen LogP contribution in [0.2, 0.25) is 5.02 Å². The molecule has 0 amide bonds. The number of esters is 1. The summed E-state index contributed by atoms with van der Waals surface area (Å²) in [4.78, 5) is 20.2. The number of carbonyl (C=O) groups excluding carboxylic acids is 1. The lowest BCUT2D eigenvalue weighted by atomic mass is 10.2. The SMILES string of the molecule is CCOC(=O)Cc1csc(SCc2nc(-c3ccc(Cl)cc3)no2)n1. The van der Waals surface area contributed by atoms with Crippen LogP contribution in [0.4, 0.5) is 0 Å². The van der Waals surface area contributed by atoms with Crippen molar-refractivity contribution in [2.24, 2.45) is 0 Å². The van der Waals surface area contributed by atoms with Crippen molar-refractivity contribution in [3.63, 3.8) is 0 Å². The van der Waals surface area contributed by atoms with Gasteiger partial charge < -0.3 is 9.26 Å². The lowest BCUT2D eigenvalue weighted by Crippen LogP contribution is -2.07. The number of hydrogen-bond donors (Lipinski definition) is 0. The molecule has 0 saturated carbocycles. The normalized spacial score (nSPS) is 10.8. The molecule has 3 aromatic rings. The van der Waals surface area contributed by atoms with Crippen LogP contribution < -0.4 is 0 Å². The zero-order chi connectivity index (χ0) is 17.6. The fourth-order valence-corrected chi connectivity index (χ4v) is 3.76. The molecule has 130 valence electrons. The summed E-state index contributed by atoms with van der Waals surface area (Å²) < 4.78 is 11.0. The lowest BCUT2D eigenvalue weighted by Gasteiger charge is -1.97. The van der Waals surface area contributed by atoms with Gasteiger partial charge in [0.15, 0.2) is 4.34 Å². The summed E-state index contributed by atoms with van der Waals surface area (Å²) in [5.74, 6) is 1.27. The van der Waals surface area contributed by atoms with E-state index in [2.05, 4.69) is 15.1 Å². The average Bonchev–Trinajstić information content (AvgIpc) is 3.23. The van der Waals surface area contributed by atoms with Crippen LogP contribution in [0.15, 0.2) is 38.5 Å². The van der Waals surface area contributed by atoms with E-state index < -0.39 is 0 Å². The molecule has 0 aliphatic rings. The molecule has 6 nitrogen and oxygen atoms in total. The third-order valence-electron chi connectivity index (χ3n) is 3.05. The number of carbonyl (C=O) groups is 1. The van der Waals surface area contributed by atoms with Crippen molar-refractivity contribution < 1.29 is 14.1 Å². The number of aromatic nitrogens is 3. The Morgan fingerprint density at radius 3 is 2.88 bits per heavy atom. The largest absolute Gasteiger partial charge is 0.466 e. The van der Waals surface area contributed by atoms with E-state index in [0.29, 0.717) is 34.8 Å². The van der Waals surface area contributed by atoms with Gasteiger partial charge in [-0.2, -0.15) is 4.98 Å². The molecule has 0 aliphatic heterocycles. The standard InChI is InChI=1S/C16H14ClN3O3S2/c1-2-22-14(21)7-12-8-24-16(18-12)25-9-13-19-15(20-23-13)10-3-5-11(17)6-4-10/h3-6,8H,2,7,9H2,1H3. The van der Waals surface area contributed by atoms with Crippen molar-refractivity contribution in [2.75, 3.05) is 6.61 Å². The number of nitrogens with zero attached hydrogens (tertiary/aromatic N) is 3. The summed E-state index contributed by atoms with van der Waals surface area (Å²) in [6.07, 6.45) is 0.187. The lowest BCUT2D eigenvalue weighted by molar-refractivity contribution is -0.142. The van der Waals surface area contributed by atoms with Crippen LogP contribution in [0.3, 0.4) is 0 Å². The van der Waals surface area contributed by atoms with Crippen molar-refractivity contribution in [1.29, 1.82) is 0 Å². The molecule has 0 atom stereocenters. The molecular formula is C16H14ClN3O3S2. The van der Waals surface area contributed by atoms with Crippen LogP contribution in [-0.2, 0) is 21.7 Å². The van der Waals surface area contributed by atoms with Gasteiger partial charge in [0.2, 0.25) is 11.7 Å². The maximum atomic E-state index is 11.5. The second-order valence-corrected chi connectivity index (χ2v) is 7.41. The van der Waals surface area contributed by atoms with E-state index in [9.17, 15) is 4.79 Å². The third kappa shape index (κ3) is 5.04. The first-order valence-corrected chi connectivity index (χ1v) is 9.69. The smallest absolute Gasteiger partial charge is 0.311 e. The first-order valence-electron chi connectivity index (χ1n) is 7.45. The molecule has 2 heterocycles. The number of rotatable bonds is 7. The molecule has 0 aliphatic carbocycles. The number of hydrogen-bond acceptors (Lipinski definition) is 8.